The summed E-state index contributed by atoms with van der Waals surface area (Å²) in [6.45, 7) is 1.95. The lowest BCUT2D eigenvalue weighted by molar-refractivity contribution is -0.149. The number of hydrogen-bond donors (Lipinski definition) is 2. The molecule has 0 aromatic heterocycles. The Labute approximate surface area is 127 Å². The van der Waals surface area contributed by atoms with Gasteiger partial charge in [0.2, 0.25) is 5.91 Å². The van der Waals surface area contributed by atoms with Crippen molar-refractivity contribution in [3.63, 3.8) is 0 Å². The van der Waals surface area contributed by atoms with Gasteiger partial charge in [-0.15, -0.1) is 0 Å². The maximum Gasteiger partial charge on any atom is 0.405 e. The highest BCUT2D eigenvalue weighted by atomic mass is 16.5. The van der Waals surface area contributed by atoms with Crippen LogP contribution >= 0.6 is 0 Å². The van der Waals surface area contributed by atoms with Crippen molar-refractivity contribution in [2.24, 2.45) is 0 Å². The number of nitrogens with one attached hydrogen (secondary N) is 1. The highest BCUT2D eigenvalue weighted by Crippen LogP contribution is 2.18. The smallest absolute Gasteiger partial charge is 0.405 e. The van der Waals surface area contributed by atoms with Crippen LogP contribution in [-0.4, -0.2) is 46.7 Å². The zero-order valence-electron chi connectivity index (χ0n) is 12.2. The van der Waals surface area contributed by atoms with E-state index in [0.717, 1.165) is 5.56 Å². The molecule has 1 aromatic rings. The van der Waals surface area contributed by atoms with Crippen molar-refractivity contribution in [3.8, 4) is 0 Å². The lowest BCUT2D eigenvalue weighted by Crippen LogP contribution is -2.51. The zero-order chi connectivity index (χ0) is 16.1. The van der Waals surface area contributed by atoms with Crippen LogP contribution in [0.3, 0.4) is 0 Å². The van der Waals surface area contributed by atoms with Gasteiger partial charge >= 0.3 is 12.1 Å². The fourth-order valence-electron chi connectivity index (χ4n) is 2.39. The monoisotopic (exact) mass is 306 g/mol. The third-order valence-electron chi connectivity index (χ3n) is 3.47. The molecule has 2 N–H and O–H groups in total. The largest absolute Gasteiger partial charge is 0.465 e. The lowest BCUT2D eigenvalue weighted by Gasteiger charge is -2.29. The third kappa shape index (κ3) is 3.75. The average molecular weight is 306 g/mol. The topological polar surface area (TPSA) is 95.9 Å². The lowest BCUT2D eigenvalue weighted by atomic mass is 10.1. The molecule has 2 atom stereocenters. The molecule has 1 aromatic carbocycles. The minimum absolute atomic E-state index is 0.227. The summed E-state index contributed by atoms with van der Waals surface area (Å²) in [5, 5.41) is 10.9. The molecule has 2 amide bonds. The summed E-state index contributed by atoms with van der Waals surface area (Å²) < 4.78 is 4.93. The first kappa shape index (κ1) is 15.8. The average Bonchev–Trinajstić information content (AvgIpc) is 2.90. The number of hydrogen-bond acceptors (Lipinski definition) is 4. The maximum absolute atomic E-state index is 12.5. The van der Waals surface area contributed by atoms with Crippen LogP contribution in [-0.2, 0) is 20.9 Å². The number of amides is 2. The Bertz CT molecular complexity index is 560. The van der Waals surface area contributed by atoms with E-state index in [1.54, 1.807) is 0 Å². The summed E-state index contributed by atoms with van der Waals surface area (Å²) in [7, 11) is 0. The van der Waals surface area contributed by atoms with E-state index in [1.165, 1.54) is 11.8 Å². The first-order valence-corrected chi connectivity index (χ1v) is 6.99. The second-order valence-corrected chi connectivity index (χ2v) is 5.09. The van der Waals surface area contributed by atoms with E-state index >= 15 is 0 Å². The minimum Gasteiger partial charge on any atom is -0.465 e. The molecular weight excluding hydrogens is 288 g/mol. The van der Waals surface area contributed by atoms with Gasteiger partial charge in [0.25, 0.3) is 0 Å². The predicted octanol–water partition coefficient (Wildman–Crippen LogP) is 0.987. The van der Waals surface area contributed by atoms with Gasteiger partial charge in [-0.1, -0.05) is 30.3 Å². The molecule has 1 aliphatic rings. The van der Waals surface area contributed by atoms with Crippen LogP contribution in [0.25, 0.3) is 0 Å². The van der Waals surface area contributed by atoms with E-state index in [-0.39, 0.29) is 13.2 Å². The highest BCUT2D eigenvalue weighted by molar-refractivity contribution is 5.89. The van der Waals surface area contributed by atoms with Crippen LogP contribution in [0.15, 0.2) is 30.3 Å². The van der Waals surface area contributed by atoms with Gasteiger partial charge in [-0.05, 0) is 12.5 Å². The molecule has 1 fully saturated rings. The van der Waals surface area contributed by atoms with Crippen LogP contribution in [0.2, 0.25) is 0 Å². The summed E-state index contributed by atoms with van der Waals surface area (Å²) in [5.74, 6) is -0.901. The van der Waals surface area contributed by atoms with Crippen molar-refractivity contribution < 1.29 is 24.2 Å². The van der Waals surface area contributed by atoms with E-state index in [0.29, 0.717) is 6.42 Å². The van der Waals surface area contributed by atoms with Crippen LogP contribution < -0.4 is 5.32 Å². The Morgan fingerprint density at radius 1 is 1.41 bits per heavy atom. The van der Waals surface area contributed by atoms with Crippen LogP contribution in [0.4, 0.5) is 4.79 Å². The zero-order valence-corrected chi connectivity index (χ0v) is 12.2. The number of carbonyl (C=O) groups excluding carboxylic acids is 2. The Balaban J connectivity index is 2.19. The van der Waals surface area contributed by atoms with Gasteiger partial charge in [-0.2, -0.15) is 0 Å². The van der Waals surface area contributed by atoms with Crippen LogP contribution in [0.1, 0.15) is 18.9 Å². The number of cyclic esters (lactones) is 1. The van der Waals surface area contributed by atoms with Crippen LogP contribution in [0.5, 0.6) is 0 Å². The molecule has 0 saturated carbocycles. The van der Waals surface area contributed by atoms with Crippen molar-refractivity contribution in [3.05, 3.63) is 35.9 Å². The second-order valence-electron chi connectivity index (χ2n) is 5.09. The molecular formula is C15H18N2O5. The SMILES string of the molecule is C[C@@H](NC(=O)O)C(=O)N(Cc1ccccc1)[C@H]1CCOC1=O. The molecule has 1 saturated heterocycles. The molecule has 7 heteroatoms. The third-order valence-corrected chi connectivity index (χ3v) is 3.47. The molecule has 0 spiro atoms. The molecule has 7 nitrogen and oxygen atoms in total. The number of ether oxygens (including phenoxy) is 1. The van der Waals surface area contributed by atoms with E-state index in [1.807, 2.05) is 30.3 Å². The number of esters is 1. The van der Waals surface area contributed by atoms with Crippen LogP contribution in [0, 0.1) is 0 Å². The number of carbonyl (C=O) groups is 3. The summed E-state index contributed by atoms with van der Waals surface area (Å²) in [5.41, 5.74) is 0.859. The molecule has 2 rings (SSSR count). The number of nitrogens with zero attached hydrogens (tertiary/aromatic N) is 1. The van der Waals surface area contributed by atoms with E-state index in [4.69, 9.17) is 9.84 Å². The number of rotatable bonds is 5. The van der Waals surface area contributed by atoms with Crippen molar-refractivity contribution in [2.45, 2.75) is 32.0 Å². The Morgan fingerprint density at radius 3 is 2.64 bits per heavy atom. The summed E-state index contributed by atoms with van der Waals surface area (Å²) in [6.07, 6.45) is -0.869. The van der Waals surface area contributed by atoms with Gasteiger partial charge in [-0.3, -0.25) is 4.79 Å². The Hall–Kier alpha value is -2.57. The Morgan fingerprint density at radius 2 is 2.09 bits per heavy atom. The minimum atomic E-state index is -1.28. The van der Waals surface area contributed by atoms with Crippen molar-refractivity contribution in [1.29, 1.82) is 0 Å². The second kappa shape index (κ2) is 6.93. The predicted molar refractivity (Wildman–Crippen MR) is 77.0 cm³/mol. The molecule has 0 aliphatic carbocycles. The quantitative estimate of drug-likeness (QED) is 0.791. The van der Waals surface area contributed by atoms with Gasteiger partial charge in [0, 0.05) is 13.0 Å². The van der Waals surface area contributed by atoms with Gasteiger partial charge < -0.3 is 20.1 Å². The Kier molecular flexibility index (Phi) is 4.98. The molecule has 22 heavy (non-hydrogen) atoms. The van der Waals surface area contributed by atoms with Crippen molar-refractivity contribution in [1.82, 2.24) is 10.2 Å². The fourth-order valence-corrected chi connectivity index (χ4v) is 2.39. The molecule has 0 bridgehead atoms. The first-order chi connectivity index (χ1) is 10.5. The number of carboxylic acid groups (broad SMARTS) is 1. The van der Waals surface area contributed by atoms with Gasteiger partial charge in [-0.25, -0.2) is 9.59 Å². The summed E-state index contributed by atoms with van der Waals surface area (Å²) >= 11 is 0. The van der Waals surface area contributed by atoms with Crippen molar-refractivity contribution in [2.75, 3.05) is 6.61 Å². The summed E-state index contributed by atoms with van der Waals surface area (Å²) in [4.78, 5) is 36.4. The van der Waals surface area contributed by atoms with Gasteiger partial charge in [0.15, 0.2) is 0 Å². The first-order valence-electron chi connectivity index (χ1n) is 6.99. The van der Waals surface area contributed by atoms with E-state index in [9.17, 15) is 14.4 Å². The van der Waals surface area contributed by atoms with Gasteiger partial charge in [0.1, 0.15) is 12.1 Å². The maximum atomic E-state index is 12.5. The standard InChI is InChI=1S/C15H18N2O5/c1-10(16-15(20)21)13(18)17(12-7-8-22-14(12)19)9-11-5-3-2-4-6-11/h2-6,10,12,16H,7-9H2,1H3,(H,20,21)/t10-,12+/m1/s1. The normalized spacial score (nSPS) is 18.4. The van der Waals surface area contributed by atoms with E-state index < -0.39 is 30.1 Å². The molecule has 1 heterocycles. The highest BCUT2D eigenvalue weighted by Gasteiger charge is 2.37. The fraction of sp³-hybridized carbons (Fsp3) is 0.400. The number of benzene rings is 1. The molecule has 118 valence electrons. The molecule has 1 aliphatic heterocycles. The van der Waals surface area contributed by atoms with Crippen molar-refractivity contribution >= 4 is 18.0 Å². The van der Waals surface area contributed by atoms with Gasteiger partial charge in [0.05, 0.1) is 6.61 Å². The summed E-state index contributed by atoms with van der Waals surface area (Å²) in [6, 6.07) is 7.61. The molecule has 0 unspecified atom stereocenters. The molecule has 0 radical (unpaired) electrons. The van der Waals surface area contributed by atoms with E-state index in [2.05, 4.69) is 5.32 Å².